The fourth-order valence-electron chi connectivity index (χ4n) is 5.13. The third kappa shape index (κ3) is 5.04. The van der Waals surface area contributed by atoms with Gasteiger partial charge in [0.1, 0.15) is 16.9 Å². The molecule has 0 aliphatic carbocycles. The number of ketones is 1. The van der Waals surface area contributed by atoms with Gasteiger partial charge in [-0.3, -0.25) is 19.3 Å². The summed E-state index contributed by atoms with van der Waals surface area (Å²) in [5, 5.41) is 2.91. The zero-order valence-electron chi connectivity index (χ0n) is 20.8. The highest BCUT2D eigenvalue weighted by Crippen LogP contribution is 2.34. The smallest absolute Gasteiger partial charge is 0.325 e. The van der Waals surface area contributed by atoms with Gasteiger partial charge in [-0.25, -0.2) is 4.79 Å². The second-order valence-electron chi connectivity index (χ2n) is 10.3. The summed E-state index contributed by atoms with van der Waals surface area (Å²) in [6.45, 7) is 6.48. The summed E-state index contributed by atoms with van der Waals surface area (Å²) in [4.78, 5) is 53.9. The van der Waals surface area contributed by atoms with Crippen molar-refractivity contribution in [3.05, 3.63) is 41.7 Å². The first kappa shape index (κ1) is 24.8. The van der Waals surface area contributed by atoms with Gasteiger partial charge in [0, 0.05) is 32.1 Å². The van der Waals surface area contributed by atoms with Crippen LogP contribution < -0.4 is 10.1 Å². The number of piperidine rings is 1. The standard InChI is InChI=1S/C26H33N3O6/c1-25(2)16-19(30)15-21(35-25)22(31)28-12-10-18(11-13-28)26(3)23(32)29(24(33)27-26)14-9-17-5-7-20(34-4)8-6-17/h5-8,15,18H,9-14,16H2,1-4H3,(H,27,33). The maximum Gasteiger partial charge on any atom is 0.325 e. The molecule has 188 valence electrons. The Bertz CT molecular complexity index is 1060. The number of benzene rings is 1. The zero-order chi connectivity index (χ0) is 25.4. The van der Waals surface area contributed by atoms with E-state index in [9.17, 15) is 19.2 Å². The number of amides is 4. The van der Waals surface area contributed by atoms with E-state index >= 15 is 0 Å². The van der Waals surface area contributed by atoms with E-state index in [1.807, 2.05) is 24.3 Å². The minimum Gasteiger partial charge on any atom is -0.497 e. The lowest BCUT2D eigenvalue weighted by molar-refractivity contribution is -0.140. The van der Waals surface area contributed by atoms with Crippen LogP contribution >= 0.6 is 0 Å². The minimum absolute atomic E-state index is 0.0749. The van der Waals surface area contributed by atoms with Gasteiger partial charge in [0.05, 0.1) is 7.11 Å². The maximum atomic E-state index is 13.3. The molecule has 0 aromatic heterocycles. The van der Waals surface area contributed by atoms with Crippen LogP contribution in [0.3, 0.4) is 0 Å². The normalized spacial score (nSPS) is 24.7. The summed E-state index contributed by atoms with van der Waals surface area (Å²) < 4.78 is 10.9. The van der Waals surface area contributed by atoms with Gasteiger partial charge >= 0.3 is 6.03 Å². The Morgan fingerprint density at radius 2 is 1.77 bits per heavy atom. The van der Waals surface area contributed by atoms with E-state index in [2.05, 4.69) is 5.32 Å². The predicted molar refractivity (Wildman–Crippen MR) is 128 cm³/mol. The van der Waals surface area contributed by atoms with Crippen molar-refractivity contribution in [2.45, 2.75) is 57.6 Å². The highest BCUT2D eigenvalue weighted by Gasteiger charge is 2.53. The summed E-state index contributed by atoms with van der Waals surface area (Å²) in [5.74, 6) is 0.0621. The van der Waals surface area contributed by atoms with Crippen molar-refractivity contribution < 1.29 is 28.7 Å². The first-order valence-electron chi connectivity index (χ1n) is 12.0. The van der Waals surface area contributed by atoms with Crippen LogP contribution in [0.25, 0.3) is 0 Å². The van der Waals surface area contributed by atoms with E-state index in [4.69, 9.17) is 9.47 Å². The van der Waals surface area contributed by atoms with Crippen LogP contribution in [-0.2, 0) is 25.5 Å². The molecule has 0 spiro atoms. The topological polar surface area (TPSA) is 105 Å². The Hall–Kier alpha value is -3.36. The number of methoxy groups -OCH3 is 1. The van der Waals surface area contributed by atoms with Crippen LogP contribution in [-0.4, -0.2) is 71.3 Å². The molecule has 4 amide bonds. The molecule has 1 N–H and O–H groups in total. The molecule has 9 heteroatoms. The number of likely N-dealkylation sites (tertiary alicyclic amines) is 1. The molecule has 0 radical (unpaired) electrons. The van der Waals surface area contributed by atoms with Gasteiger partial charge in [-0.1, -0.05) is 12.1 Å². The quantitative estimate of drug-likeness (QED) is 0.623. The van der Waals surface area contributed by atoms with Crippen molar-refractivity contribution in [1.29, 1.82) is 0 Å². The van der Waals surface area contributed by atoms with Gasteiger partial charge in [0.15, 0.2) is 11.5 Å². The molecule has 3 aliphatic rings. The molecule has 1 atom stereocenters. The van der Waals surface area contributed by atoms with Crippen LogP contribution in [0.1, 0.15) is 45.6 Å². The fourth-order valence-corrected chi connectivity index (χ4v) is 5.13. The third-order valence-electron chi connectivity index (χ3n) is 7.17. The lowest BCUT2D eigenvalue weighted by Crippen LogP contribution is -2.54. The Morgan fingerprint density at radius 3 is 2.37 bits per heavy atom. The number of nitrogens with zero attached hydrogens (tertiary/aromatic N) is 2. The largest absolute Gasteiger partial charge is 0.497 e. The Labute approximate surface area is 205 Å². The number of hydrogen-bond donors (Lipinski definition) is 1. The maximum absolute atomic E-state index is 13.3. The number of ether oxygens (including phenoxy) is 2. The van der Waals surface area contributed by atoms with Crippen molar-refractivity contribution in [3.8, 4) is 5.75 Å². The molecule has 1 aromatic carbocycles. The predicted octanol–water partition coefficient (Wildman–Crippen LogP) is 2.44. The highest BCUT2D eigenvalue weighted by molar-refractivity contribution is 6.07. The Morgan fingerprint density at radius 1 is 1.11 bits per heavy atom. The number of carbonyl (C=O) groups is 4. The second-order valence-corrected chi connectivity index (χ2v) is 10.3. The number of allylic oxidation sites excluding steroid dienone is 1. The molecule has 0 saturated carbocycles. The second kappa shape index (κ2) is 9.36. The SMILES string of the molecule is COc1ccc(CCN2C(=O)NC(C)(C3CCN(C(=O)C4=CC(=O)CC(C)(C)O4)CC3)C2=O)cc1. The van der Waals surface area contributed by atoms with Gasteiger partial charge in [-0.05, 0) is 63.6 Å². The summed E-state index contributed by atoms with van der Waals surface area (Å²) >= 11 is 0. The van der Waals surface area contributed by atoms with Crippen molar-refractivity contribution in [1.82, 2.24) is 15.1 Å². The van der Waals surface area contributed by atoms with Crippen molar-refractivity contribution in [2.24, 2.45) is 5.92 Å². The molecular weight excluding hydrogens is 450 g/mol. The van der Waals surface area contributed by atoms with Crippen molar-refractivity contribution in [2.75, 3.05) is 26.7 Å². The third-order valence-corrected chi connectivity index (χ3v) is 7.17. The van der Waals surface area contributed by atoms with Crippen molar-refractivity contribution >= 4 is 23.6 Å². The monoisotopic (exact) mass is 483 g/mol. The van der Waals surface area contributed by atoms with E-state index in [0.29, 0.717) is 38.9 Å². The molecule has 3 heterocycles. The van der Waals surface area contributed by atoms with Gasteiger partial charge in [0.25, 0.3) is 11.8 Å². The molecule has 35 heavy (non-hydrogen) atoms. The average Bonchev–Trinajstić information content (AvgIpc) is 3.04. The summed E-state index contributed by atoms with van der Waals surface area (Å²) in [7, 11) is 1.60. The molecule has 2 fully saturated rings. The number of rotatable bonds is 6. The summed E-state index contributed by atoms with van der Waals surface area (Å²) in [5.41, 5.74) is -0.712. The molecule has 0 bridgehead atoms. The molecule has 4 rings (SSSR count). The van der Waals surface area contributed by atoms with Gasteiger partial charge < -0.3 is 19.7 Å². The van der Waals surface area contributed by atoms with Crippen molar-refractivity contribution in [3.63, 3.8) is 0 Å². The minimum atomic E-state index is -1.01. The molecular formula is C26H33N3O6. The van der Waals surface area contributed by atoms with E-state index in [0.717, 1.165) is 11.3 Å². The first-order valence-corrected chi connectivity index (χ1v) is 12.0. The van der Waals surface area contributed by atoms with Gasteiger partial charge in [0.2, 0.25) is 0 Å². The number of hydrogen-bond acceptors (Lipinski definition) is 6. The van der Waals surface area contributed by atoms with E-state index in [1.165, 1.54) is 11.0 Å². The van der Waals surface area contributed by atoms with Crippen LogP contribution in [0.15, 0.2) is 36.1 Å². The van der Waals surface area contributed by atoms with E-state index in [1.54, 1.807) is 32.8 Å². The molecule has 9 nitrogen and oxygen atoms in total. The number of imide groups is 1. The zero-order valence-corrected chi connectivity index (χ0v) is 20.8. The number of urea groups is 1. The Kier molecular flexibility index (Phi) is 6.62. The molecule has 1 aromatic rings. The van der Waals surface area contributed by atoms with Gasteiger partial charge in [-0.15, -0.1) is 0 Å². The van der Waals surface area contributed by atoms with Crippen LogP contribution in [0.4, 0.5) is 4.79 Å². The summed E-state index contributed by atoms with van der Waals surface area (Å²) in [6, 6.07) is 7.16. The molecule has 1 unspecified atom stereocenters. The Balaban J connectivity index is 1.35. The summed E-state index contributed by atoms with van der Waals surface area (Å²) in [6.07, 6.45) is 3.19. The number of nitrogens with one attached hydrogen (secondary N) is 1. The van der Waals surface area contributed by atoms with E-state index in [-0.39, 0.29) is 41.7 Å². The molecule has 3 aliphatic heterocycles. The van der Waals surface area contributed by atoms with Crippen LogP contribution in [0, 0.1) is 5.92 Å². The molecule has 2 saturated heterocycles. The fraction of sp³-hybridized carbons (Fsp3) is 0.538. The first-order chi connectivity index (χ1) is 16.5. The highest BCUT2D eigenvalue weighted by atomic mass is 16.5. The lowest BCUT2D eigenvalue weighted by Gasteiger charge is -2.39. The van der Waals surface area contributed by atoms with Crippen LogP contribution in [0.5, 0.6) is 5.75 Å². The van der Waals surface area contributed by atoms with Crippen LogP contribution in [0.2, 0.25) is 0 Å². The van der Waals surface area contributed by atoms with E-state index < -0.39 is 11.1 Å². The average molecular weight is 484 g/mol. The number of carbonyl (C=O) groups excluding carboxylic acids is 4. The lowest BCUT2D eigenvalue weighted by atomic mass is 9.79. The van der Waals surface area contributed by atoms with Gasteiger partial charge in [-0.2, -0.15) is 0 Å².